The van der Waals surface area contributed by atoms with Gasteiger partial charge in [0.25, 0.3) is 0 Å². The maximum absolute atomic E-state index is 11.3. The molecule has 0 aromatic carbocycles. The van der Waals surface area contributed by atoms with Gasteiger partial charge in [0.05, 0.1) is 12.7 Å². The number of rotatable bonds is 8. The van der Waals surface area contributed by atoms with E-state index in [9.17, 15) is 9.90 Å². The van der Waals surface area contributed by atoms with Crippen LogP contribution in [0.15, 0.2) is 35.6 Å². The molecule has 1 aliphatic carbocycles. The summed E-state index contributed by atoms with van der Waals surface area (Å²) in [4.78, 5) is 11.3. The molecule has 0 saturated carbocycles. The van der Waals surface area contributed by atoms with E-state index in [1.54, 1.807) is 0 Å². The van der Waals surface area contributed by atoms with Crippen molar-refractivity contribution in [3.05, 3.63) is 35.6 Å². The molecule has 1 aliphatic rings. The molecule has 3 N–H and O–H groups in total. The van der Waals surface area contributed by atoms with Gasteiger partial charge < -0.3 is 15.6 Å². The Hall–Kier alpha value is -1.55. The van der Waals surface area contributed by atoms with E-state index in [0.29, 0.717) is 29.9 Å². The number of ether oxygens (including phenoxy) is 1. The number of carbonyl (C=O) groups is 1. The predicted octanol–water partition coefficient (Wildman–Crippen LogP) is 2.20. The minimum Gasteiger partial charge on any atom is -0.494 e. The summed E-state index contributed by atoms with van der Waals surface area (Å²) in [5.74, 6) is 0.0350. The van der Waals surface area contributed by atoms with Gasteiger partial charge >= 0.3 is 0 Å². The second-order valence-corrected chi connectivity index (χ2v) is 4.65. The molecule has 0 aliphatic heterocycles. The lowest BCUT2D eigenvalue weighted by Crippen LogP contribution is -2.18. The van der Waals surface area contributed by atoms with Gasteiger partial charge in [-0.2, -0.15) is 0 Å². The first-order chi connectivity index (χ1) is 9.06. The van der Waals surface area contributed by atoms with Crippen molar-refractivity contribution < 1.29 is 14.6 Å². The van der Waals surface area contributed by atoms with E-state index in [0.717, 1.165) is 25.7 Å². The molecular weight excluding hydrogens is 242 g/mol. The molecule has 106 valence electrons. The molecule has 4 nitrogen and oxygen atoms in total. The van der Waals surface area contributed by atoms with Gasteiger partial charge in [0.1, 0.15) is 5.76 Å². The van der Waals surface area contributed by atoms with Crippen LogP contribution in [0.5, 0.6) is 0 Å². The standard InChI is InChI=1S/C15H23NO3/c1-3-12(17)7-6-10-19-11(2)13-8-4-5-9-14(13)15(16)18/h8-9,12,17H,2-7,10H2,1H3,(H2,16,18). The fourth-order valence-electron chi connectivity index (χ4n) is 1.97. The van der Waals surface area contributed by atoms with Crippen molar-refractivity contribution in [3.63, 3.8) is 0 Å². The highest BCUT2D eigenvalue weighted by Gasteiger charge is 2.17. The lowest BCUT2D eigenvalue weighted by Gasteiger charge is -2.17. The van der Waals surface area contributed by atoms with E-state index in [1.165, 1.54) is 0 Å². The molecule has 0 spiro atoms. The summed E-state index contributed by atoms with van der Waals surface area (Å²) in [6, 6.07) is 0. The van der Waals surface area contributed by atoms with E-state index in [4.69, 9.17) is 10.5 Å². The second kappa shape index (κ2) is 7.79. The Kier molecular flexibility index (Phi) is 6.36. The molecule has 1 amide bonds. The summed E-state index contributed by atoms with van der Waals surface area (Å²) < 4.78 is 5.53. The van der Waals surface area contributed by atoms with E-state index >= 15 is 0 Å². The van der Waals surface area contributed by atoms with Gasteiger partial charge in [-0.05, 0) is 32.1 Å². The van der Waals surface area contributed by atoms with Gasteiger partial charge in [0.2, 0.25) is 5.91 Å². The summed E-state index contributed by atoms with van der Waals surface area (Å²) >= 11 is 0. The van der Waals surface area contributed by atoms with Crippen LogP contribution in [-0.4, -0.2) is 23.7 Å². The molecule has 0 radical (unpaired) electrons. The topological polar surface area (TPSA) is 72.6 Å². The van der Waals surface area contributed by atoms with Crippen LogP contribution in [0.2, 0.25) is 0 Å². The van der Waals surface area contributed by atoms with Crippen LogP contribution in [0.4, 0.5) is 0 Å². The lowest BCUT2D eigenvalue weighted by atomic mass is 9.96. The van der Waals surface area contributed by atoms with Crippen LogP contribution in [0, 0.1) is 0 Å². The van der Waals surface area contributed by atoms with Gasteiger partial charge in [0, 0.05) is 11.1 Å². The zero-order valence-corrected chi connectivity index (χ0v) is 11.5. The first kappa shape index (κ1) is 15.5. The van der Waals surface area contributed by atoms with Crippen LogP contribution in [-0.2, 0) is 9.53 Å². The van der Waals surface area contributed by atoms with Crippen molar-refractivity contribution in [1.29, 1.82) is 0 Å². The quantitative estimate of drug-likeness (QED) is 0.522. The third kappa shape index (κ3) is 4.91. The lowest BCUT2D eigenvalue weighted by molar-refractivity contribution is -0.114. The normalized spacial score (nSPS) is 16.3. The number of primary amides is 1. The summed E-state index contributed by atoms with van der Waals surface area (Å²) in [6.07, 6.45) is 7.39. The third-order valence-corrected chi connectivity index (χ3v) is 3.15. The van der Waals surface area contributed by atoms with Crippen molar-refractivity contribution in [3.8, 4) is 0 Å². The molecule has 1 atom stereocenters. The zero-order chi connectivity index (χ0) is 14.3. The molecule has 0 aromatic rings. The molecule has 0 bridgehead atoms. The summed E-state index contributed by atoms with van der Waals surface area (Å²) in [5, 5.41) is 9.43. The Morgan fingerprint density at radius 2 is 2.11 bits per heavy atom. The number of aliphatic hydroxyl groups excluding tert-OH is 1. The molecule has 0 aromatic heterocycles. The fraction of sp³-hybridized carbons (Fsp3) is 0.533. The molecule has 1 rings (SSSR count). The maximum Gasteiger partial charge on any atom is 0.249 e. The Balaban J connectivity index is 2.43. The molecule has 0 saturated heterocycles. The second-order valence-electron chi connectivity index (χ2n) is 4.65. The van der Waals surface area contributed by atoms with E-state index < -0.39 is 5.91 Å². The minimum absolute atomic E-state index is 0.271. The number of nitrogens with two attached hydrogens (primary N) is 1. The predicted molar refractivity (Wildman–Crippen MR) is 75.2 cm³/mol. The van der Waals surface area contributed by atoms with Crippen LogP contribution in [0.25, 0.3) is 0 Å². The van der Waals surface area contributed by atoms with Crippen molar-refractivity contribution >= 4 is 5.91 Å². The molecule has 19 heavy (non-hydrogen) atoms. The van der Waals surface area contributed by atoms with Crippen molar-refractivity contribution in [2.75, 3.05) is 6.61 Å². The highest BCUT2D eigenvalue weighted by molar-refractivity contribution is 5.97. The average molecular weight is 265 g/mol. The van der Waals surface area contributed by atoms with Crippen LogP contribution in [0.3, 0.4) is 0 Å². The zero-order valence-electron chi connectivity index (χ0n) is 11.5. The first-order valence-corrected chi connectivity index (χ1v) is 6.76. The molecule has 0 fully saturated rings. The van der Waals surface area contributed by atoms with Crippen LogP contribution in [0.1, 0.15) is 39.0 Å². The van der Waals surface area contributed by atoms with E-state index in [2.05, 4.69) is 6.58 Å². The molecule has 0 heterocycles. The number of carbonyl (C=O) groups excluding carboxylic acids is 1. The molecule has 4 heteroatoms. The van der Waals surface area contributed by atoms with Gasteiger partial charge in [-0.25, -0.2) is 0 Å². The average Bonchev–Trinajstić information content (AvgIpc) is 2.42. The first-order valence-electron chi connectivity index (χ1n) is 6.76. The Morgan fingerprint density at radius 1 is 1.47 bits per heavy atom. The Labute approximate surface area is 114 Å². The monoisotopic (exact) mass is 265 g/mol. The Bertz CT molecular complexity index is 396. The van der Waals surface area contributed by atoms with Gasteiger partial charge in [-0.3, -0.25) is 4.79 Å². The summed E-state index contributed by atoms with van der Waals surface area (Å²) in [5.41, 5.74) is 6.52. The Morgan fingerprint density at radius 3 is 2.68 bits per heavy atom. The van der Waals surface area contributed by atoms with E-state index in [-0.39, 0.29) is 6.10 Å². The largest absolute Gasteiger partial charge is 0.494 e. The number of aliphatic hydroxyl groups is 1. The highest BCUT2D eigenvalue weighted by Crippen LogP contribution is 2.25. The molecular formula is C15H23NO3. The van der Waals surface area contributed by atoms with Crippen molar-refractivity contribution in [2.24, 2.45) is 5.73 Å². The third-order valence-electron chi connectivity index (χ3n) is 3.15. The minimum atomic E-state index is -0.447. The smallest absolute Gasteiger partial charge is 0.249 e. The van der Waals surface area contributed by atoms with Crippen molar-refractivity contribution in [2.45, 2.75) is 45.1 Å². The number of amides is 1. The van der Waals surface area contributed by atoms with Gasteiger partial charge in [-0.1, -0.05) is 25.7 Å². The van der Waals surface area contributed by atoms with Crippen molar-refractivity contribution in [1.82, 2.24) is 0 Å². The maximum atomic E-state index is 11.3. The highest BCUT2D eigenvalue weighted by atomic mass is 16.5. The van der Waals surface area contributed by atoms with Gasteiger partial charge in [0.15, 0.2) is 0 Å². The summed E-state index contributed by atoms with van der Waals surface area (Å²) in [7, 11) is 0. The van der Waals surface area contributed by atoms with Gasteiger partial charge in [-0.15, -0.1) is 0 Å². The van der Waals surface area contributed by atoms with Crippen LogP contribution >= 0.6 is 0 Å². The number of hydrogen-bond donors (Lipinski definition) is 2. The SMILES string of the molecule is C=C(OCCCC(O)CC)C1=CCCC=C1C(N)=O. The number of allylic oxidation sites excluding steroid dienone is 3. The van der Waals surface area contributed by atoms with E-state index in [1.807, 2.05) is 19.1 Å². The van der Waals surface area contributed by atoms with Crippen LogP contribution < -0.4 is 5.73 Å². The fourth-order valence-corrected chi connectivity index (χ4v) is 1.97. The molecule has 1 unspecified atom stereocenters. The number of hydrogen-bond acceptors (Lipinski definition) is 3. The summed E-state index contributed by atoms with van der Waals surface area (Å²) in [6.45, 7) is 6.28.